The Kier molecular flexibility index (Phi) is 5.01. The maximum atomic E-state index is 11.9. The molecule has 0 saturated carbocycles. The van der Waals surface area contributed by atoms with E-state index in [0.717, 1.165) is 17.2 Å². The van der Waals surface area contributed by atoms with Crippen LogP contribution in [-0.4, -0.2) is 20.7 Å². The van der Waals surface area contributed by atoms with Crippen molar-refractivity contribution >= 4 is 24.9 Å². The molecule has 0 unspecified atom stereocenters. The number of hydrogen-bond donors (Lipinski definition) is 1. The van der Waals surface area contributed by atoms with E-state index in [9.17, 15) is 4.79 Å². The summed E-state index contributed by atoms with van der Waals surface area (Å²) in [6, 6.07) is 14.8. The van der Waals surface area contributed by atoms with Gasteiger partial charge in [0.25, 0.3) is 0 Å². The monoisotopic (exact) mass is 301 g/mol. The maximum Gasteiger partial charge on any atom is 0.412 e. The topological polar surface area (TPSA) is 38.3 Å². The van der Waals surface area contributed by atoms with Crippen LogP contribution in [0.25, 0.3) is 10.8 Å². The molecule has 1 amide bonds. The molecule has 2 aromatic carbocycles. The summed E-state index contributed by atoms with van der Waals surface area (Å²) in [4.78, 5) is 11.9. The number of hydrogen-bond acceptors (Lipinski definition) is 2. The van der Waals surface area contributed by atoms with Crippen molar-refractivity contribution in [2.75, 3.05) is 6.54 Å². The lowest BCUT2D eigenvalue weighted by molar-refractivity contribution is 0.201. The molecule has 2 rings (SSSR count). The minimum absolute atomic E-state index is 0.373. The lowest BCUT2D eigenvalue weighted by Crippen LogP contribution is -2.29. The molecule has 0 aliphatic rings. The molecule has 0 fully saturated rings. The normalized spacial score (nSPS) is 11.4. The summed E-state index contributed by atoms with van der Waals surface area (Å²) in [6.45, 7) is 7.68. The van der Waals surface area contributed by atoms with Crippen molar-refractivity contribution in [3.05, 3.63) is 42.5 Å². The molecule has 2 aromatic rings. The highest BCUT2D eigenvalue weighted by Gasteiger charge is 2.12. The van der Waals surface area contributed by atoms with Crippen molar-refractivity contribution in [3.8, 4) is 5.75 Å². The maximum absolute atomic E-state index is 11.9. The fourth-order valence-electron chi connectivity index (χ4n) is 2.23. The predicted octanol–water partition coefficient (Wildman–Crippen LogP) is 4.66. The molecule has 0 atom stereocenters. The molecule has 0 spiro atoms. The first-order chi connectivity index (χ1) is 9.96. The quantitative estimate of drug-likeness (QED) is 0.644. The number of fused-ring (bicyclic) bond motifs is 1. The first-order valence-corrected chi connectivity index (χ1v) is 11.1. The van der Waals surface area contributed by atoms with Gasteiger partial charge in [0.2, 0.25) is 0 Å². The minimum atomic E-state index is -1.03. The summed E-state index contributed by atoms with van der Waals surface area (Å²) < 4.78 is 5.42. The predicted molar refractivity (Wildman–Crippen MR) is 90.7 cm³/mol. The third-order valence-corrected chi connectivity index (χ3v) is 5.18. The van der Waals surface area contributed by atoms with Gasteiger partial charge in [-0.25, -0.2) is 4.79 Å². The second-order valence-corrected chi connectivity index (χ2v) is 12.1. The van der Waals surface area contributed by atoms with Gasteiger partial charge in [0.1, 0.15) is 5.75 Å². The third kappa shape index (κ3) is 4.90. The number of amides is 1. The Balaban J connectivity index is 1.90. The molecule has 3 nitrogen and oxygen atoms in total. The van der Waals surface area contributed by atoms with E-state index in [1.165, 1.54) is 6.04 Å². The van der Waals surface area contributed by atoms with E-state index in [2.05, 4.69) is 25.0 Å². The lowest BCUT2D eigenvalue weighted by atomic mass is 10.1. The number of carbonyl (C=O) groups excluding carboxylic acids is 1. The van der Waals surface area contributed by atoms with Crippen LogP contribution in [0, 0.1) is 0 Å². The van der Waals surface area contributed by atoms with Crippen LogP contribution in [0.4, 0.5) is 4.79 Å². The SMILES string of the molecule is C[Si](C)(C)CCCNC(=O)Oc1cccc2ccccc12. The van der Waals surface area contributed by atoms with Gasteiger partial charge < -0.3 is 10.1 Å². The fraction of sp³-hybridized carbons (Fsp3) is 0.353. The molecular weight excluding hydrogens is 278 g/mol. The number of rotatable bonds is 5. The Morgan fingerprint density at radius 2 is 1.81 bits per heavy atom. The van der Waals surface area contributed by atoms with Crippen molar-refractivity contribution < 1.29 is 9.53 Å². The van der Waals surface area contributed by atoms with Gasteiger partial charge >= 0.3 is 6.09 Å². The van der Waals surface area contributed by atoms with Crippen LogP contribution in [-0.2, 0) is 0 Å². The van der Waals surface area contributed by atoms with E-state index in [0.29, 0.717) is 12.3 Å². The average molecular weight is 301 g/mol. The highest BCUT2D eigenvalue weighted by molar-refractivity contribution is 6.76. The number of ether oxygens (including phenoxy) is 1. The van der Waals surface area contributed by atoms with Crippen LogP contribution in [0.5, 0.6) is 5.75 Å². The summed E-state index contributed by atoms with van der Waals surface area (Å²) in [6.07, 6.45) is 0.641. The zero-order valence-corrected chi connectivity index (χ0v) is 14.0. The molecular formula is C17H23NO2Si. The Hall–Kier alpha value is -1.81. The molecule has 0 saturated heterocycles. The Morgan fingerprint density at radius 3 is 2.57 bits per heavy atom. The van der Waals surface area contributed by atoms with Crippen molar-refractivity contribution in [2.24, 2.45) is 0 Å². The molecule has 0 aliphatic heterocycles. The third-order valence-electron chi connectivity index (χ3n) is 3.33. The number of benzene rings is 2. The van der Waals surface area contributed by atoms with Crippen LogP contribution >= 0.6 is 0 Å². The average Bonchev–Trinajstić information content (AvgIpc) is 2.43. The summed E-state index contributed by atoms with van der Waals surface area (Å²) in [5.41, 5.74) is 0. The Labute approximate surface area is 127 Å². The van der Waals surface area contributed by atoms with Crippen LogP contribution in [0.2, 0.25) is 25.7 Å². The van der Waals surface area contributed by atoms with Crippen molar-refractivity contribution in [3.63, 3.8) is 0 Å². The summed E-state index contributed by atoms with van der Waals surface area (Å²) in [5.74, 6) is 0.607. The highest BCUT2D eigenvalue weighted by Crippen LogP contribution is 2.25. The smallest absolute Gasteiger partial charge is 0.410 e. The van der Waals surface area contributed by atoms with Gasteiger partial charge in [0.05, 0.1) is 0 Å². The second kappa shape index (κ2) is 6.76. The van der Waals surface area contributed by atoms with E-state index in [4.69, 9.17) is 4.74 Å². The van der Waals surface area contributed by atoms with Gasteiger partial charge in [-0.05, 0) is 17.9 Å². The molecule has 0 heterocycles. The first kappa shape index (κ1) is 15.6. The number of nitrogens with one attached hydrogen (secondary N) is 1. The summed E-state index contributed by atoms with van der Waals surface area (Å²) in [7, 11) is -1.03. The van der Waals surface area contributed by atoms with Gasteiger partial charge in [0.15, 0.2) is 0 Å². The largest absolute Gasteiger partial charge is 0.412 e. The van der Waals surface area contributed by atoms with Crippen LogP contribution < -0.4 is 10.1 Å². The Bertz CT molecular complexity index is 614. The van der Waals surface area contributed by atoms with E-state index in [-0.39, 0.29) is 6.09 Å². The summed E-state index contributed by atoms with van der Waals surface area (Å²) >= 11 is 0. The van der Waals surface area contributed by atoms with Crippen molar-refractivity contribution in [2.45, 2.75) is 32.1 Å². The van der Waals surface area contributed by atoms with E-state index in [1.54, 1.807) is 0 Å². The molecule has 0 radical (unpaired) electrons. The van der Waals surface area contributed by atoms with E-state index >= 15 is 0 Å². The van der Waals surface area contributed by atoms with Gasteiger partial charge in [-0.1, -0.05) is 62.1 Å². The van der Waals surface area contributed by atoms with E-state index in [1.807, 2.05) is 42.5 Å². The summed E-state index contributed by atoms with van der Waals surface area (Å²) in [5, 5.41) is 4.86. The van der Waals surface area contributed by atoms with Gasteiger partial charge in [-0.15, -0.1) is 0 Å². The molecule has 0 aliphatic carbocycles. The van der Waals surface area contributed by atoms with Gasteiger partial charge in [-0.2, -0.15) is 0 Å². The molecule has 4 heteroatoms. The van der Waals surface area contributed by atoms with Crippen LogP contribution in [0.3, 0.4) is 0 Å². The van der Waals surface area contributed by atoms with Crippen LogP contribution in [0.15, 0.2) is 42.5 Å². The molecule has 0 bridgehead atoms. The van der Waals surface area contributed by atoms with E-state index < -0.39 is 8.07 Å². The molecule has 0 aromatic heterocycles. The first-order valence-electron chi connectivity index (χ1n) is 7.39. The highest BCUT2D eigenvalue weighted by atomic mass is 28.3. The second-order valence-electron chi connectivity index (χ2n) is 6.46. The molecule has 1 N–H and O–H groups in total. The zero-order chi connectivity index (χ0) is 15.3. The lowest BCUT2D eigenvalue weighted by Gasteiger charge is -2.15. The minimum Gasteiger partial charge on any atom is -0.410 e. The van der Waals surface area contributed by atoms with Crippen molar-refractivity contribution in [1.29, 1.82) is 0 Å². The van der Waals surface area contributed by atoms with Gasteiger partial charge in [-0.3, -0.25) is 0 Å². The van der Waals surface area contributed by atoms with Crippen LogP contribution in [0.1, 0.15) is 6.42 Å². The Morgan fingerprint density at radius 1 is 1.10 bits per heavy atom. The van der Waals surface area contributed by atoms with Gasteiger partial charge in [0, 0.05) is 20.0 Å². The molecule has 112 valence electrons. The zero-order valence-electron chi connectivity index (χ0n) is 13.0. The number of carbonyl (C=O) groups is 1. The van der Waals surface area contributed by atoms with Crippen molar-refractivity contribution in [1.82, 2.24) is 5.32 Å². The molecule has 21 heavy (non-hydrogen) atoms. The standard InChI is InChI=1S/C17H23NO2Si/c1-21(2,3)13-7-12-18-17(19)20-16-11-6-9-14-8-4-5-10-15(14)16/h4-6,8-11H,7,12-13H2,1-3H3,(H,18,19). The fourth-order valence-corrected chi connectivity index (χ4v) is 3.47.